The SMILES string of the molecule is CCCCCCCCCCCCCCCCCCC(C)(C(=O)O)c1cc(CCCC)c(O)c(CCCC)c1. The number of unbranched alkanes of at least 4 members (excludes halogenated alkanes) is 17. The lowest BCUT2D eigenvalue weighted by Gasteiger charge is -2.27. The Hall–Kier alpha value is -1.51. The number of hydrogen-bond acceptors (Lipinski definition) is 2. The Balaban J connectivity index is 2.41. The molecule has 0 saturated carbocycles. The summed E-state index contributed by atoms with van der Waals surface area (Å²) in [7, 11) is 0. The molecule has 0 bridgehead atoms. The minimum absolute atomic E-state index is 0.394. The monoisotopic (exact) mass is 530 g/mol. The molecule has 0 fully saturated rings. The summed E-state index contributed by atoms with van der Waals surface area (Å²) in [5.41, 5.74) is 1.83. The molecule has 0 spiro atoms. The smallest absolute Gasteiger partial charge is 0.313 e. The molecule has 1 atom stereocenters. The Labute approximate surface area is 236 Å². The van der Waals surface area contributed by atoms with E-state index in [1.54, 1.807) is 0 Å². The molecule has 0 heterocycles. The van der Waals surface area contributed by atoms with Gasteiger partial charge in [-0.2, -0.15) is 0 Å². The maximum atomic E-state index is 12.5. The van der Waals surface area contributed by atoms with Crippen LogP contribution in [0.15, 0.2) is 12.1 Å². The van der Waals surface area contributed by atoms with Gasteiger partial charge in [0.1, 0.15) is 5.75 Å². The van der Waals surface area contributed by atoms with Crippen LogP contribution >= 0.6 is 0 Å². The molecule has 0 aliphatic rings. The zero-order valence-corrected chi connectivity index (χ0v) is 25.7. The van der Waals surface area contributed by atoms with Gasteiger partial charge in [0.05, 0.1) is 5.41 Å². The Bertz CT molecular complexity index is 712. The number of hydrogen-bond donors (Lipinski definition) is 2. The summed E-state index contributed by atoms with van der Waals surface area (Å²) in [6, 6.07) is 3.97. The van der Waals surface area contributed by atoms with Gasteiger partial charge in [0.15, 0.2) is 0 Å². The van der Waals surface area contributed by atoms with Gasteiger partial charge in [-0.3, -0.25) is 4.79 Å². The highest BCUT2D eigenvalue weighted by Gasteiger charge is 2.35. The fourth-order valence-corrected chi connectivity index (χ4v) is 5.60. The molecule has 2 N–H and O–H groups in total. The number of carboxylic acids is 1. The molecule has 1 rings (SSSR count). The minimum Gasteiger partial charge on any atom is -0.507 e. The first-order valence-electron chi connectivity index (χ1n) is 16.5. The number of benzene rings is 1. The van der Waals surface area contributed by atoms with Crippen molar-refractivity contribution in [1.29, 1.82) is 0 Å². The first-order chi connectivity index (χ1) is 18.4. The largest absolute Gasteiger partial charge is 0.507 e. The van der Waals surface area contributed by atoms with Gasteiger partial charge in [0, 0.05) is 0 Å². The van der Waals surface area contributed by atoms with Crippen LogP contribution in [0, 0.1) is 0 Å². The van der Waals surface area contributed by atoms with Gasteiger partial charge in [-0.05, 0) is 55.7 Å². The molecule has 3 nitrogen and oxygen atoms in total. The maximum absolute atomic E-state index is 12.5. The second kappa shape index (κ2) is 21.3. The van der Waals surface area contributed by atoms with Crippen molar-refractivity contribution >= 4 is 5.97 Å². The van der Waals surface area contributed by atoms with Gasteiger partial charge >= 0.3 is 5.97 Å². The average molecular weight is 531 g/mol. The van der Waals surface area contributed by atoms with Gasteiger partial charge < -0.3 is 10.2 Å². The second-order valence-electron chi connectivity index (χ2n) is 12.0. The first kappa shape index (κ1) is 34.5. The van der Waals surface area contributed by atoms with Gasteiger partial charge in [-0.15, -0.1) is 0 Å². The number of carbonyl (C=O) groups is 1. The van der Waals surface area contributed by atoms with Crippen LogP contribution in [-0.2, 0) is 23.1 Å². The van der Waals surface area contributed by atoms with Crippen LogP contribution in [0.2, 0.25) is 0 Å². The third kappa shape index (κ3) is 13.5. The van der Waals surface area contributed by atoms with Crippen molar-refractivity contribution < 1.29 is 15.0 Å². The predicted molar refractivity (Wildman–Crippen MR) is 164 cm³/mol. The van der Waals surface area contributed by atoms with Crippen molar-refractivity contribution in [3.05, 3.63) is 28.8 Å². The van der Waals surface area contributed by atoms with E-state index in [1.165, 1.54) is 89.9 Å². The predicted octanol–water partition coefficient (Wildman–Crippen LogP) is 11.1. The van der Waals surface area contributed by atoms with Crippen molar-refractivity contribution in [2.75, 3.05) is 0 Å². The van der Waals surface area contributed by atoms with Crippen LogP contribution in [-0.4, -0.2) is 16.2 Å². The van der Waals surface area contributed by atoms with Crippen LogP contribution < -0.4 is 0 Å². The van der Waals surface area contributed by atoms with Crippen molar-refractivity contribution in [3.63, 3.8) is 0 Å². The highest BCUT2D eigenvalue weighted by atomic mass is 16.4. The molecule has 38 heavy (non-hydrogen) atoms. The number of aryl methyl sites for hydroxylation is 2. The quantitative estimate of drug-likeness (QED) is 0.124. The fourth-order valence-electron chi connectivity index (χ4n) is 5.60. The number of phenolic OH excluding ortho intramolecular Hbond substituents is 1. The average Bonchev–Trinajstić information content (AvgIpc) is 2.91. The van der Waals surface area contributed by atoms with E-state index >= 15 is 0 Å². The number of phenols is 1. The maximum Gasteiger partial charge on any atom is 0.313 e. The highest BCUT2D eigenvalue weighted by Crippen LogP contribution is 2.36. The summed E-state index contributed by atoms with van der Waals surface area (Å²) in [5.74, 6) is -0.349. The number of aliphatic carboxylic acids is 1. The molecule has 0 saturated heterocycles. The zero-order valence-electron chi connectivity index (χ0n) is 25.7. The zero-order chi connectivity index (χ0) is 28.1. The number of rotatable bonds is 25. The Morgan fingerprint density at radius 1 is 0.605 bits per heavy atom. The van der Waals surface area contributed by atoms with Gasteiger partial charge in [-0.25, -0.2) is 0 Å². The van der Waals surface area contributed by atoms with Crippen LogP contribution in [0.5, 0.6) is 5.75 Å². The molecule has 1 aromatic rings. The highest BCUT2D eigenvalue weighted by molar-refractivity contribution is 5.81. The Kier molecular flexibility index (Phi) is 19.4. The molecule has 0 aliphatic carbocycles. The number of aromatic hydroxyl groups is 1. The summed E-state index contributed by atoms with van der Waals surface area (Å²) in [6.45, 7) is 8.47. The van der Waals surface area contributed by atoms with Gasteiger partial charge in [-0.1, -0.05) is 148 Å². The van der Waals surface area contributed by atoms with E-state index in [4.69, 9.17) is 0 Å². The second-order valence-corrected chi connectivity index (χ2v) is 12.0. The van der Waals surface area contributed by atoms with Crippen LogP contribution in [0.4, 0.5) is 0 Å². The third-order valence-electron chi connectivity index (χ3n) is 8.51. The minimum atomic E-state index is -0.897. The van der Waals surface area contributed by atoms with Crippen molar-refractivity contribution in [2.45, 2.75) is 181 Å². The van der Waals surface area contributed by atoms with Crippen molar-refractivity contribution in [3.8, 4) is 5.75 Å². The summed E-state index contributed by atoms with van der Waals surface area (Å²) >= 11 is 0. The molecule has 0 aliphatic heterocycles. The summed E-state index contributed by atoms with van der Waals surface area (Å²) in [6.07, 6.45) is 27.6. The van der Waals surface area contributed by atoms with E-state index in [0.717, 1.165) is 68.1 Å². The lowest BCUT2D eigenvalue weighted by molar-refractivity contribution is -0.143. The molecule has 0 aromatic heterocycles. The van der Waals surface area contributed by atoms with Crippen LogP contribution in [0.3, 0.4) is 0 Å². The molecule has 1 unspecified atom stereocenters. The molecule has 1 aromatic carbocycles. The molecule has 3 heteroatoms. The summed E-state index contributed by atoms with van der Waals surface area (Å²) in [5, 5.41) is 21.1. The van der Waals surface area contributed by atoms with E-state index in [9.17, 15) is 15.0 Å². The van der Waals surface area contributed by atoms with Crippen molar-refractivity contribution in [2.24, 2.45) is 0 Å². The lowest BCUT2D eigenvalue weighted by atomic mass is 9.76. The van der Waals surface area contributed by atoms with Crippen molar-refractivity contribution in [1.82, 2.24) is 0 Å². The van der Waals surface area contributed by atoms with Gasteiger partial charge in [0.2, 0.25) is 0 Å². The van der Waals surface area contributed by atoms with E-state index < -0.39 is 11.4 Å². The van der Waals surface area contributed by atoms with E-state index in [-0.39, 0.29) is 0 Å². The Morgan fingerprint density at radius 3 is 1.29 bits per heavy atom. The standard InChI is InChI=1S/C35H62O3/c1-5-8-11-12-13-14-15-16-17-18-19-20-21-22-23-24-27-35(4,34(37)38)32-28-30(25-9-6-2)33(36)31(29-32)26-10-7-3/h28-29,36H,5-27H2,1-4H3,(H,37,38). The van der Waals surface area contributed by atoms with Crippen LogP contribution in [0.1, 0.15) is 179 Å². The van der Waals surface area contributed by atoms with Gasteiger partial charge in [0.25, 0.3) is 0 Å². The molecule has 0 radical (unpaired) electrons. The summed E-state index contributed by atoms with van der Waals surface area (Å²) < 4.78 is 0. The first-order valence-corrected chi connectivity index (χ1v) is 16.5. The van der Waals surface area contributed by atoms with E-state index in [0.29, 0.717) is 12.2 Å². The third-order valence-corrected chi connectivity index (χ3v) is 8.51. The fraction of sp³-hybridized carbons (Fsp3) is 0.800. The normalized spacial score (nSPS) is 13.1. The van der Waals surface area contributed by atoms with E-state index in [2.05, 4.69) is 20.8 Å². The molecular weight excluding hydrogens is 468 g/mol. The summed E-state index contributed by atoms with van der Waals surface area (Å²) in [4.78, 5) is 12.5. The topological polar surface area (TPSA) is 57.5 Å². The Morgan fingerprint density at radius 2 is 0.947 bits per heavy atom. The van der Waals surface area contributed by atoms with Crippen LogP contribution in [0.25, 0.3) is 0 Å². The molecule has 0 amide bonds. The lowest BCUT2D eigenvalue weighted by Crippen LogP contribution is -2.32. The van der Waals surface area contributed by atoms with E-state index in [1.807, 2.05) is 19.1 Å². The molecule has 220 valence electrons. The number of carboxylic acid groups (broad SMARTS) is 1. The molecular formula is C35H62O3.